The number of halogens is 1. The molecule has 6 heteroatoms. The third-order valence-electron chi connectivity index (χ3n) is 4.01. The predicted octanol–water partition coefficient (Wildman–Crippen LogP) is -0.599. The average Bonchev–Trinajstić information content (AvgIpc) is 2.98. The maximum Gasteiger partial charge on any atom is 0.244 e. The van der Waals surface area contributed by atoms with Crippen LogP contribution in [0.15, 0.2) is 54.9 Å². The van der Waals surface area contributed by atoms with E-state index in [0.717, 1.165) is 17.8 Å². The van der Waals surface area contributed by atoms with Gasteiger partial charge in [-0.1, -0.05) is 18.2 Å². The van der Waals surface area contributed by atoms with Crippen LogP contribution in [0.25, 0.3) is 11.0 Å². The van der Waals surface area contributed by atoms with Crippen LogP contribution in [0.4, 0.5) is 0 Å². The van der Waals surface area contributed by atoms with Gasteiger partial charge in [0.05, 0.1) is 13.7 Å². The van der Waals surface area contributed by atoms with Crippen molar-refractivity contribution < 1.29 is 43.1 Å². The van der Waals surface area contributed by atoms with E-state index in [1.807, 2.05) is 42.7 Å². The Balaban J connectivity index is 0.00000225. The lowest BCUT2D eigenvalue weighted by molar-refractivity contribution is -0.679. The van der Waals surface area contributed by atoms with E-state index >= 15 is 0 Å². The molecule has 3 aromatic rings. The number of nitrogens with zero attached hydrogens (tertiary/aromatic N) is 2. The summed E-state index contributed by atoms with van der Waals surface area (Å²) in [5.74, 6) is 1.43. The summed E-state index contributed by atoms with van der Waals surface area (Å²) >= 11 is 0. The lowest BCUT2D eigenvalue weighted by atomic mass is 10.3. The molecule has 0 radical (unpaired) electrons. The van der Waals surface area contributed by atoms with E-state index in [0.29, 0.717) is 12.3 Å². The zero-order valence-corrected chi connectivity index (χ0v) is 16.6. The first-order valence-corrected chi connectivity index (χ1v) is 8.13. The van der Waals surface area contributed by atoms with Crippen molar-refractivity contribution in [2.75, 3.05) is 13.7 Å². The molecule has 1 atom stereocenters. The first kappa shape index (κ1) is 19.5. The first-order chi connectivity index (χ1) is 11.7. The van der Waals surface area contributed by atoms with Crippen LogP contribution in [-0.2, 0) is 13.1 Å². The summed E-state index contributed by atoms with van der Waals surface area (Å²) in [6.07, 6.45) is 1.44. The SMILES string of the molecule is CCn1c[n+](CC(O)COc2cccc(OC)c2)c2ccccc21.[I-]. The second kappa shape index (κ2) is 9.05. The molecule has 0 spiro atoms. The monoisotopic (exact) mass is 454 g/mol. The van der Waals surface area contributed by atoms with Gasteiger partial charge in [0.15, 0.2) is 11.0 Å². The Hall–Kier alpha value is -1.80. The Morgan fingerprint density at radius 2 is 1.88 bits per heavy atom. The van der Waals surface area contributed by atoms with Gasteiger partial charge in [0.25, 0.3) is 0 Å². The molecule has 5 nitrogen and oxygen atoms in total. The number of rotatable bonds is 7. The maximum absolute atomic E-state index is 10.3. The Bertz CT molecular complexity index is 819. The van der Waals surface area contributed by atoms with Crippen molar-refractivity contribution in [1.29, 1.82) is 0 Å². The van der Waals surface area contributed by atoms with Crippen LogP contribution in [0, 0.1) is 0 Å². The molecule has 1 N–H and O–H groups in total. The number of imidazole rings is 1. The largest absolute Gasteiger partial charge is 1.00 e. The van der Waals surface area contributed by atoms with E-state index in [4.69, 9.17) is 9.47 Å². The highest BCUT2D eigenvalue weighted by atomic mass is 127. The summed E-state index contributed by atoms with van der Waals surface area (Å²) in [5, 5.41) is 10.3. The highest BCUT2D eigenvalue weighted by molar-refractivity contribution is 5.71. The molecule has 2 aromatic carbocycles. The van der Waals surface area contributed by atoms with Gasteiger partial charge in [-0.3, -0.25) is 0 Å². The zero-order chi connectivity index (χ0) is 16.9. The second-order valence-corrected chi connectivity index (χ2v) is 5.69. The second-order valence-electron chi connectivity index (χ2n) is 5.69. The molecule has 1 heterocycles. The normalized spacial score (nSPS) is 11.8. The average molecular weight is 454 g/mol. The van der Waals surface area contributed by atoms with E-state index in [1.165, 1.54) is 5.52 Å². The van der Waals surface area contributed by atoms with Crippen LogP contribution < -0.4 is 38.0 Å². The number of aliphatic hydroxyl groups is 1. The van der Waals surface area contributed by atoms with Gasteiger partial charge in [0.1, 0.15) is 30.8 Å². The first-order valence-electron chi connectivity index (χ1n) is 8.13. The van der Waals surface area contributed by atoms with Crippen molar-refractivity contribution in [1.82, 2.24) is 4.57 Å². The fourth-order valence-electron chi connectivity index (χ4n) is 2.80. The molecule has 0 aliphatic heterocycles. The molecule has 0 amide bonds. The van der Waals surface area contributed by atoms with Gasteiger partial charge in [-0.05, 0) is 31.2 Å². The highest BCUT2D eigenvalue weighted by Gasteiger charge is 2.17. The smallest absolute Gasteiger partial charge is 0.244 e. The zero-order valence-electron chi connectivity index (χ0n) is 14.4. The number of para-hydroxylation sites is 2. The van der Waals surface area contributed by atoms with Crippen LogP contribution >= 0.6 is 0 Å². The molecular weight excluding hydrogens is 431 g/mol. The molecular formula is C19H23IN2O3. The molecule has 25 heavy (non-hydrogen) atoms. The molecule has 1 aromatic heterocycles. The molecule has 0 bridgehead atoms. The number of hydrogen-bond donors (Lipinski definition) is 1. The van der Waals surface area contributed by atoms with Crippen LogP contribution in [0.3, 0.4) is 0 Å². The van der Waals surface area contributed by atoms with E-state index < -0.39 is 6.10 Å². The van der Waals surface area contributed by atoms with Crippen molar-refractivity contribution >= 4 is 11.0 Å². The molecule has 0 fully saturated rings. The van der Waals surface area contributed by atoms with E-state index in [9.17, 15) is 5.11 Å². The maximum atomic E-state index is 10.3. The van der Waals surface area contributed by atoms with E-state index in [-0.39, 0.29) is 30.6 Å². The number of aromatic nitrogens is 2. The van der Waals surface area contributed by atoms with Crippen molar-refractivity contribution in [3.8, 4) is 11.5 Å². The number of fused-ring (bicyclic) bond motifs is 1. The molecule has 0 saturated carbocycles. The standard InChI is InChI=1S/C19H23N2O3.HI/c1-3-20-14-21(19-10-5-4-9-18(19)20)12-15(22)13-24-17-8-6-7-16(11-17)23-2;/h4-11,14-15,22H,3,12-13H2,1-2H3;1H/q+1;/p-1. The quantitative estimate of drug-likeness (QED) is 0.384. The highest BCUT2D eigenvalue weighted by Crippen LogP contribution is 2.19. The number of methoxy groups -OCH3 is 1. The van der Waals surface area contributed by atoms with Crippen molar-refractivity contribution in [2.24, 2.45) is 0 Å². The third-order valence-corrected chi connectivity index (χ3v) is 4.01. The lowest BCUT2D eigenvalue weighted by Gasteiger charge is -2.11. The van der Waals surface area contributed by atoms with Gasteiger partial charge in [-0.2, -0.15) is 0 Å². The molecule has 1 unspecified atom stereocenters. The summed E-state index contributed by atoms with van der Waals surface area (Å²) in [6, 6.07) is 15.6. The summed E-state index contributed by atoms with van der Waals surface area (Å²) in [7, 11) is 1.62. The number of aliphatic hydroxyl groups excluding tert-OH is 1. The number of aryl methyl sites for hydroxylation is 1. The van der Waals surface area contributed by atoms with Gasteiger partial charge in [-0.15, -0.1) is 0 Å². The fraction of sp³-hybridized carbons (Fsp3) is 0.316. The van der Waals surface area contributed by atoms with E-state index in [1.54, 1.807) is 7.11 Å². The molecule has 0 saturated heterocycles. The van der Waals surface area contributed by atoms with Crippen molar-refractivity contribution in [3.05, 3.63) is 54.9 Å². The Kier molecular flexibility index (Phi) is 7.07. The van der Waals surface area contributed by atoms with Crippen LogP contribution in [0.1, 0.15) is 6.92 Å². The van der Waals surface area contributed by atoms with Gasteiger partial charge in [0.2, 0.25) is 6.33 Å². The van der Waals surface area contributed by atoms with Gasteiger partial charge < -0.3 is 38.6 Å². The molecule has 0 aliphatic rings. The van der Waals surface area contributed by atoms with Crippen LogP contribution in [0.2, 0.25) is 0 Å². The fourth-order valence-corrected chi connectivity index (χ4v) is 2.80. The number of benzene rings is 2. The Morgan fingerprint density at radius 1 is 1.12 bits per heavy atom. The summed E-state index contributed by atoms with van der Waals surface area (Å²) < 4.78 is 15.1. The summed E-state index contributed by atoms with van der Waals surface area (Å²) in [6.45, 7) is 3.71. The van der Waals surface area contributed by atoms with Crippen molar-refractivity contribution in [2.45, 2.75) is 26.1 Å². The van der Waals surface area contributed by atoms with Gasteiger partial charge in [-0.25, -0.2) is 9.13 Å². The summed E-state index contributed by atoms with van der Waals surface area (Å²) in [4.78, 5) is 0. The van der Waals surface area contributed by atoms with Gasteiger partial charge >= 0.3 is 0 Å². The number of hydrogen-bond acceptors (Lipinski definition) is 3. The Morgan fingerprint density at radius 3 is 2.64 bits per heavy atom. The third kappa shape index (κ3) is 4.64. The Labute approximate surface area is 164 Å². The van der Waals surface area contributed by atoms with Gasteiger partial charge in [0, 0.05) is 6.07 Å². The molecule has 0 aliphatic carbocycles. The number of ether oxygens (including phenoxy) is 2. The molecule has 3 rings (SSSR count). The predicted molar refractivity (Wildman–Crippen MR) is 92.3 cm³/mol. The minimum atomic E-state index is -0.600. The topological polar surface area (TPSA) is 47.5 Å². The summed E-state index contributed by atoms with van der Waals surface area (Å²) in [5.41, 5.74) is 2.28. The lowest BCUT2D eigenvalue weighted by Crippen LogP contribution is -3.00. The minimum absolute atomic E-state index is 0. The minimum Gasteiger partial charge on any atom is -1.00 e. The van der Waals surface area contributed by atoms with E-state index in [2.05, 4.69) is 28.2 Å². The van der Waals surface area contributed by atoms with Crippen LogP contribution in [-0.4, -0.2) is 29.5 Å². The van der Waals surface area contributed by atoms with Crippen LogP contribution in [0.5, 0.6) is 11.5 Å². The van der Waals surface area contributed by atoms with Crippen molar-refractivity contribution in [3.63, 3.8) is 0 Å². The molecule has 134 valence electrons.